The van der Waals surface area contributed by atoms with Crippen LogP contribution in [0.3, 0.4) is 0 Å². The fraction of sp³-hybridized carbons (Fsp3) is 0.750. The molecule has 0 aliphatic heterocycles. The number of hydrogen-bond donors (Lipinski definition) is 0. The van der Waals surface area contributed by atoms with Crippen molar-refractivity contribution in [1.82, 2.24) is 9.88 Å². The smallest absolute Gasteiger partial charge is 0.282 e. The Labute approximate surface area is 119 Å². The van der Waals surface area contributed by atoms with Crippen molar-refractivity contribution < 1.29 is 13.2 Å². The van der Waals surface area contributed by atoms with E-state index in [1.165, 1.54) is 11.3 Å². The zero-order chi connectivity index (χ0) is 14.0. The molecule has 0 spiro atoms. The van der Waals surface area contributed by atoms with Gasteiger partial charge in [-0.2, -0.15) is 13.2 Å². The number of alkyl halides is 4. The maximum absolute atomic E-state index is 12.7. The molecule has 0 aromatic carbocycles. The van der Waals surface area contributed by atoms with Crippen molar-refractivity contribution in [1.29, 1.82) is 0 Å². The Bertz CT molecular complexity index is 417. The molecule has 2 rings (SSSR count). The summed E-state index contributed by atoms with van der Waals surface area (Å²) in [5.41, 5.74) is 0.739. The van der Waals surface area contributed by atoms with E-state index in [4.69, 9.17) is 11.6 Å². The van der Waals surface area contributed by atoms with Crippen LogP contribution in [0, 0.1) is 0 Å². The van der Waals surface area contributed by atoms with Crippen LogP contribution in [0.25, 0.3) is 0 Å². The molecular formula is C12H16ClF3N2S. The molecule has 2 nitrogen and oxygen atoms in total. The van der Waals surface area contributed by atoms with Crippen LogP contribution >= 0.6 is 22.9 Å². The molecule has 108 valence electrons. The van der Waals surface area contributed by atoms with E-state index in [-0.39, 0.29) is 12.1 Å². The molecular weight excluding hydrogens is 297 g/mol. The van der Waals surface area contributed by atoms with E-state index in [1.807, 2.05) is 12.3 Å². The standard InChI is InChI=1S/C12H16ClF3N2S/c1-2-10(11-17-8(5-13)6-19-11)18(9-3-4-9)7-12(14,15)16/h6,9-10H,2-5,7H2,1H3. The van der Waals surface area contributed by atoms with Crippen LogP contribution < -0.4 is 0 Å². The van der Waals surface area contributed by atoms with Crippen LogP contribution in [0.5, 0.6) is 0 Å². The molecule has 1 unspecified atom stereocenters. The number of thiazole rings is 1. The van der Waals surface area contributed by atoms with E-state index in [9.17, 15) is 13.2 Å². The SMILES string of the molecule is CCC(c1nc(CCl)cs1)N(CC(F)(F)F)C1CC1. The molecule has 19 heavy (non-hydrogen) atoms. The first kappa shape index (κ1) is 15.1. The van der Waals surface area contributed by atoms with Crippen molar-refractivity contribution in [2.24, 2.45) is 0 Å². The number of hydrogen-bond acceptors (Lipinski definition) is 3. The summed E-state index contributed by atoms with van der Waals surface area (Å²) in [5.74, 6) is 0.301. The lowest BCUT2D eigenvalue weighted by molar-refractivity contribution is -0.153. The van der Waals surface area contributed by atoms with Crippen LogP contribution in [0.4, 0.5) is 13.2 Å². The van der Waals surface area contributed by atoms with Gasteiger partial charge < -0.3 is 0 Å². The Morgan fingerprint density at radius 2 is 2.21 bits per heavy atom. The van der Waals surface area contributed by atoms with Crippen LogP contribution in [0.15, 0.2) is 5.38 Å². The summed E-state index contributed by atoms with van der Waals surface area (Å²) in [4.78, 5) is 5.89. The Hall–Kier alpha value is -0.330. The maximum Gasteiger partial charge on any atom is 0.401 e. The van der Waals surface area contributed by atoms with Gasteiger partial charge in [0, 0.05) is 11.4 Å². The normalized spacial score (nSPS) is 18.0. The third-order valence-corrected chi connectivity index (χ3v) is 4.42. The summed E-state index contributed by atoms with van der Waals surface area (Å²) >= 11 is 7.10. The second-order valence-corrected chi connectivity index (χ2v) is 5.91. The zero-order valence-electron chi connectivity index (χ0n) is 10.6. The van der Waals surface area contributed by atoms with E-state index >= 15 is 0 Å². The average molecular weight is 313 g/mol. The van der Waals surface area contributed by atoms with E-state index in [0.717, 1.165) is 23.5 Å². The topological polar surface area (TPSA) is 16.1 Å². The summed E-state index contributed by atoms with van der Waals surface area (Å²) < 4.78 is 38.1. The van der Waals surface area contributed by atoms with Crippen molar-refractivity contribution in [3.63, 3.8) is 0 Å². The van der Waals surface area contributed by atoms with Crippen molar-refractivity contribution in [3.05, 3.63) is 16.1 Å². The predicted octanol–water partition coefficient (Wildman–Crippen LogP) is 4.36. The van der Waals surface area contributed by atoms with Gasteiger partial charge in [-0.25, -0.2) is 4.98 Å². The van der Waals surface area contributed by atoms with Gasteiger partial charge in [0.05, 0.1) is 24.2 Å². The first-order chi connectivity index (χ1) is 8.94. The van der Waals surface area contributed by atoms with Crippen LogP contribution in [0.2, 0.25) is 0 Å². The molecule has 1 atom stereocenters. The molecule has 1 saturated carbocycles. The molecule has 0 bridgehead atoms. The Balaban J connectivity index is 2.16. The van der Waals surface area contributed by atoms with Crippen molar-refractivity contribution in [2.45, 2.75) is 50.3 Å². The molecule has 0 N–H and O–H groups in total. The van der Waals surface area contributed by atoms with Crippen LogP contribution in [-0.4, -0.2) is 28.6 Å². The lowest BCUT2D eigenvalue weighted by atomic mass is 10.2. The summed E-state index contributed by atoms with van der Waals surface area (Å²) in [6.45, 7) is 1.05. The molecule has 1 aromatic heterocycles. The first-order valence-corrected chi connectivity index (χ1v) is 7.68. The highest BCUT2D eigenvalue weighted by molar-refractivity contribution is 7.09. The van der Waals surface area contributed by atoms with Gasteiger partial charge in [0.25, 0.3) is 0 Å². The molecule has 1 aliphatic carbocycles. The maximum atomic E-state index is 12.7. The zero-order valence-corrected chi connectivity index (χ0v) is 12.2. The highest BCUT2D eigenvalue weighted by atomic mass is 35.5. The summed E-state index contributed by atoms with van der Waals surface area (Å²) in [6.07, 6.45) is -1.84. The van der Waals surface area contributed by atoms with Gasteiger partial charge in [-0.15, -0.1) is 22.9 Å². The number of rotatable bonds is 6. The lowest BCUT2D eigenvalue weighted by Crippen LogP contribution is -2.38. The molecule has 1 aromatic rings. The van der Waals surface area contributed by atoms with Crippen LogP contribution in [-0.2, 0) is 5.88 Å². The predicted molar refractivity (Wildman–Crippen MR) is 70.5 cm³/mol. The second-order valence-electron chi connectivity index (χ2n) is 4.75. The molecule has 1 fully saturated rings. The van der Waals surface area contributed by atoms with Crippen molar-refractivity contribution >= 4 is 22.9 Å². The van der Waals surface area contributed by atoms with E-state index in [1.54, 1.807) is 4.90 Å². The average Bonchev–Trinajstić information content (AvgIpc) is 3.07. The number of halogens is 4. The molecule has 7 heteroatoms. The minimum atomic E-state index is -4.16. The first-order valence-electron chi connectivity index (χ1n) is 6.27. The molecule has 0 amide bonds. The Kier molecular flexibility index (Phi) is 4.74. The van der Waals surface area contributed by atoms with Gasteiger partial charge in [-0.1, -0.05) is 6.92 Å². The fourth-order valence-electron chi connectivity index (χ4n) is 2.20. The molecule has 1 heterocycles. The van der Waals surface area contributed by atoms with Gasteiger partial charge >= 0.3 is 6.18 Å². The monoisotopic (exact) mass is 312 g/mol. The second kappa shape index (κ2) is 5.97. The molecule has 0 radical (unpaired) electrons. The number of nitrogens with zero attached hydrogens (tertiary/aromatic N) is 2. The Morgan fingerprint density at radius 3 is 2.63 bits per heavy atom. The highest BCUT2D eigenvalue weighted by Gasteiger charge is 2.42. The van der Waals surface area contributed by atoms with Crippen molar-refractivity contribution in [3.8, 4) is 0 Å². The van der Waals surface area contributed by atoms with Gasteiger partial charge in [0.2, 0.25) is 0 Å². The lowest BCUT2D eigenvalue weighted by Gasteiger charge is -2.30. The molecule has 1 aliphatic rings. The third-order valence-electron chi connectivity index (χ3n) is 3.16. The van der Waals surface area contributed by atoms with E-state index in [2.05, 4.69) is 4.98 Å². The summed E-state index contributed by atoms with van der Waals surface area (Å²) in [6, 6.07) is -0.203. The van der Waals surface area contributed by atoms with Gasteiger partial charge in [-0.05, 0) is 19.3 Å². The van der Waals surface area contributed by atoms with Gasteiger partial charge in [0.1, 0.15) is 5.01 Å². The summed E-state index contributed by atoms with van der Waals surface area (Å²) in [7, 11) is 0. The third kappa shape index (κ3) is 4.07. The van der Waals surface area contributed by atoms with E-state index in [0.29, 0.717) is 12.3 Å². The Morgan fingerprint density at radius 1 is 1.53 bits per heavy atom. The van der Waals surface area contributed by atoms with Gasteiger partial charge in [-0.3, -0.25) is 4.90 Å². The number of aromatic nitrogens is 1. The molecule has 0 saturated heterocycles. The summed E-state index contributed by atoms with van der Waals surface area (Å²) in [5, 5.41) is 2.57. The fourth-order valence-corrected chi connectivity index (χ4v) is 3.45. The van der Waals surface area contributed by atoms with Crippen molar-refractivity contribution in [2.75, 3.05) is 6.54 Å². The highest BCUT2D eigenvalue weighted by Crippen LogP contribution is 2.39. The van der Waals surface area contributed by atoms with Crippen LogP contribution in [0.1, 0.15) is 42.9 Å². The van der Waals surface area contributed by atoms with Gasteiger partial charge in [0.15, 0.2) is 0 Å². The minimum Gasteiger partial charge on any atom is -0.282 e. The largest absolute Gasteiger partial charge is 0.401 e. The quantitative estimate of drug-likeness (QED) is 0.726. The van der Waals surface area contributed by atoms with E-state index < -0.39 is 12.7 Å². The minimum absolute atomic E-state index is 0.0509.